The van der Waals surface area contributed by atoms with Gasteiger partial charge in [-0.3, -0.25) is 4.57 Å². The lowest BCUT2D eigenvalue weighted by atomic mass is 10.0. The van der Waals surface area contributed by atoms with Crippen LogP contribution in [0.4, 0.5) is 10.1 Å². The van der Waals surface area contributed by atoms with Gasteiger partial charge in [0.2, 0.25) is 0 Å². The van der Waals surface area contributed by atoms with E-state index in [1.165, 1.54) is 6.07 Å². The minimum absolute atomic E-state index is 0.167. The average molecular weight is 397 g/mol. The minimum atomic E-state index is -4.46. The fourth-order valence-electron chi connectivity index (χ4n) is 2.27. The molecule has 0 saturated heterocycles. The molecule has 0 bridgehead atoms. The Balaban J connectivity index is 0.000000828. The quantitative estimate of drug-likeness (QED) is 0.537. The minimum Gasteiger partial charge on any atom is -0.394 e. The van der Waals surface area contributed by atoms with Gasteiger partial charge in [0.15, 0.2) is 5.78 Å². The van der Waals surface area contributed by atoms with Crippen LogP contribution >= 0.6 is 7.60 Å². The zero-order valence-corrected chi connectivity index (χ0v) is 17.2. The molecule has 0 spiro atoms. The average Bonchev–Trinajstić information content (AvgIpc) is 2.54. The van der Waals surface area contributed by atoms with Crippen LogP contribution in [0.3, 0.4) is 0 Å². The van der Waals surface area contributed by atoms with Gasteiger partial charge in [-0.05, 0) is 55.5 Å². The molecule has 27 heavy (non-hydrogen) atoms. The van der Waals surface area contributed by atoms with E-state index in [9.17, 15) is 18.7 Å². The first-order valence-corrected chi connectivity index (χ1v) is 10.5. The maximum absolute atomic E-state index is 13.6. The number of aliphatic hydroxyl groups is 1. The van der Waals surface area contributed by atoms with E-state index in [-0.39, 0.29) is 6.10 Å². The molecule has 0 heterocycles. The number of nitrogens with one attached hydrogen (secondary N) is 1. The summed E-state index contributed by atoms with van der Waals surface area (Å²) in [4.78, 5) is 19.3. The Morgan fingerprint density at radius 1 is 0.963 bits per heavy atom. The molecule has 0 aliphatic carbocycles. The number of benzene rings is 2. The van der Waals surface area contributed by atoms with Gasteiger partial charge in [0.05, 0.1) is 0 Å². The Hall–Kier alpha value is -1.72. The summed E-state index contributed by atoms with van der Waals surface area (Å²) in [6.07, 6.45) is -0.167. The number of anilines is 1. The van der Waals surface area contributed by atoms with Crippen molar-refractivity contribution >= 4 is 13.3 Å². The lowest BCUT2D eigenvalue weighted by Gasteiger charge is -2.22. The van der Waals surface area contributed by atoms with E-state index in [0.29, 0.717) is 22.7 Å². The molecule has 1 atom stereocenters. The van der Waals surface area contributed by atoms with Gasteiger partial charge in [-0.25, -0.2) is 4.39 Å². The molecule has 0 radical (unpaired) electrons. The van der Waals surface area contributed by atoms with Crippen molar-refractivity contribution in [3.05, 3.63) is 65.0 Å². The molecule has 2 aromatic rings. The van der Waals surface area contributed by atoms with Crippen molar-refractivity contribution in [2.24, 2.45) is 0 Å². The number of hydrogen-bond acceptors (Lipinski definition) is 3. The molecule has 0 fully saturated rings. The van der Waals surface area contributed by atoms with Gasteiger partial charge in [-0.1, -0.05) is 44.2 Å². The normalized spacial score (nSPS) is 12.6. The van der Waals surface area contributed by atoms with Crippen molar-refractivity contribution < 1.29 is 23.8 Å². The van der Waals surface area contributed by atoms with Gasteiger partial charge in [-0.2, -0.15) is 0 Å². The van der Waals surface area contributed by atoms with Crippen molar-refractivity contribution in [2.45, 2.75) is 52.4 Å². The van der Waals surface area contributed by atoms with Gasteiger partial charge in [0.25, 0.3) is 0 Å². The van der Waals surface area contributed by atoms with Crippen molar-refractivity contribution in [2.75, 3.05) is 5.32 Å². The van der Waals surface area contributed by atoms with Gasteiger partial charge in [0.1, 0.15) is 5.82 Å². The van der Waals surface area contributed by atoms with E-state index in [1.54, 1.807) is 45.0 Å². The third-order valence-electron chi connectivity index (χ3n) is 3.73. The highest BCUT2D eigenvalue weighted by atomic mass is 31.2. The summed E-state index contributed by atoms with van der Waals surface area (Å²) in [5.74, 6) is -1.31. The first-order chi connectivity index (χ1) is 12.4. The molecular weight excluding hydrogens is 368 g/mol. The largest absolute Gasteiger partial charge is 0.394 e. The fourth-order valence-corrected chi connectivity index (χ4v) is 3.14. The molecule has 4 N–H and O–H groups in total. The van der Waals surface area contributed by atoms with E-state index in [4.69, 9.17) is 5.11 Å². The second-order valence-corrected chi connectivity index (χ2v) is 8.71. The maximum Gasteiger partial charge on any atom is 0.352 e. The molecule has 5 nitrogen and oxygen atoms in total. The first-order valence-electron chi connectivity index (χ1n) is 8.77. The van der Waals surface area contributed by atoms with E-state index in [2.05, 4.69) is 5.32 Å². The van der Waals surface area contributed by atoms with Gasteiger partial charge in [0, 0.05) is 11.8 Å². The SMILES string of the molecule is CC(C)O.Cc1ccc(NC(c2ccc(C(C)C)cc2)P(=O)(O)O)cc1F. The van der Waals surface area contributed by atoms with Crippen LogP contribution in [0.2, 0.25) is 0 Å². The van der Waals surface area contributed by atoms with Crippen LogP contribution in [-0.4, -0.2) is 21.0 Å². The molecule has 1 unspecified atom stereocenters. The number of aliphatic hydroxyl groups excluding tert-OH is 1. The Morgan fingerprint density at radius 2 is 1.44 bits per heavy atom. The van der Waals surface area contributed by atoms with E-state index >= 15 is 0 Å². The lowest BCUT2D eigenvalue weighted by molar-refractivity contribution is 0.216. The number of halogens is 1. The smallest absolute Gasteiger partial charge is 0.352 e. The maximum atomic E-state index is 13.6. The second kappa shape index (κ2) is 10.00. The highest BCUT2D eigenvalue weighted by Gasteiger charge is 2.30. The van der Waals surface area contributed by atoms with E-state index in [0.717, 1.165) is 5.56 Å². The van der Waals surface area contributed by atoms with Crippen molar-refractivity contribution in [1.29, 1.82) is 0 Å². The number of hydrogen-bond donors (Lipinski definition) is 4. The van der Waals surface area contributed by atoms with E-state index < -0.39 is 19.2 Å². The molecule has 0 aromatic heterocycles. The van der Waals surface area contributed by atoms with Gasteiger partial charge < -0.3 is 20.2 Å². The molecule has 0 saturated carbocycles. The third-order valence-corrected chi connectivity index (χ3v) is 4.83. The second-order valence-electron chi connectivity index (χ2n) is 7.02. The molecule has 7 heteroatoms. The lowest BCUT2D eigenvalue weighted by Crippen LogP contribution is -2.11. The molecule has 2 aromatic carbocycles. The summed E-state index contributed by atoms with van der Waals surface area (Å²) in [5, 5.41) is 10.8. The van der Waals surface area contributed by atoms with Crippen LogP contribution < -0.4 is 5.32 Å². The topological polar surface area (TPSA) is 89.8 Å². The predicted molar refractivity (Wildman–Crippen MR) is 107 cm³/mol. The summed E-state index contributed by atoms with van der Waals surface area (Å²) >= 11 is 0. The van der Waals surface area contributed by atoms with Crippen LogP contribution in [0.15, 0.2) is 42.5 Å². The van der Waals surface area contributed by atoms with Crippen molar-refractivity contribution in [1.82, 2.24) is 0 Å². The zero-order valence-electron chi connectivity index (χ0n) is 16.3. The Bertz CT molecular complexity index is 769. The standard InChI is InChI=1S/C17H21FNO3P.C3H8O/c1-11(2)13-5-7-14(8-6-13)17(23(20,21)22)19-15-9-4-12(3)16(18)10-15;1-3(2)4/h4-11,17,19H,1-3H3,(H2,20,21,22);3-4H,1-2H3. The molecule has 0 amide bonds. The van der Waals surface area contributed by atoms with Gasteiger partial charge in [-0.15, -0.1) is 0 Å². The molecular formula is C20H29FNO4P. The summed E-state index contributed by atoms with van der Waals surface area (Å²) in [6, 6.07) is 11.5. The van der Waals surface area contributed by atoms with Crippen LogP contribution in [0.5, 0.6) is 0 Å². The summed E-state index contributed by atoms with van der Waals surface area (Å²) in [6.45, 7) is 9.16. The number of aryl methyl sites for hydroxylation is 1. The molecule has 0 aliphatic rings. The molecule has 2 rings (SSSR count). The Labute approximate surface area is 160 Å². The monoisotopic (exact) mass is 397 g/mol. The molecule has 150 valence electrons. The first kappa shape index (κ1) is 23.3. The Kier molecular flexibility index (Phi) is 8.63. The van der Waals surface area contributed by atoms with Crippen LogP contribution in [0.25, 0.3) is 0 Å². The van der Waals surface area contributed by atoms with Crippen molar-refractivity contribution in [3.63, 3.8) is 0 Å². The highest BCUT2D eigenvalue weighted by Crippen LogP contribution is 2.51. The third kappa shape index (κ3) is 7.81. The Morgan fingerprint density at radius 3 is 1.85 bits per heavy atom. The summed E-state index contributed by atoms with van der Waals surface area (Å²) in [5.41, 5.74) is 2.35. The summed E-state index contributed by atoms with van der Waals surface area (Å²) < 4.78 is 25.5. The van der Waals surface area contributed by atoms with E-state index in [1.807, 2.05) is 26.0 Å². The van der Waals surface area contributed by atoms with Crippen molar-refractivity contribution in [3.8, 4) is 0 Å². The van der Waals surface area contributed by atoms with Gasteiger partial charge >= 0.3 is 7.60 Å². The predicted octanol–water partition coefficient (Wildman–Crippen LogP) is 4.93. The fraction of sp³-hybridized carbons (Fsp3) is 0.400. The highest BCUT2D eigenvalue weighted by molar-refractivity contribution is 7.52. The van der Waals surface area contributed by atoms with Crippen LogP contribution in [0.1, 0.15) is 56.1 Å². The van der Waals surface area contributed by atoms with Crippen LogP contribution in [-0.2, 0) is 4.57 Å². The number of rotatable bonds is 5. The van der Waals surface area contributed by atoms with Crippen LogP contribution in [0, 0.1) is 12.7 Å². The molecule has 0 aliphatic heterocycles. The zero-order chi connectivity index (χ0) is 20.8. The summed E-state index contributed by atoms with van der Waals surface area (Å²) in [7, 11) is -4.46.